The lowest BCUT2D eigenvalue weighted by atomic mass is 10.2. The van der Waals surface area contributed by atoms with E-state index in [1.54, 1.807) is 6.07 Å². The summed E-state index contributed by atoms with van der Waals surface area (Å²) >= 11 is 0. The Hall–Kier alpha value is -1.63. The number of guanidine groups is 1. The summed E-state index contributed by atoms with van der Waals surface area (Å²) in [7, 11) is 0. The van der Waals surface area contributed by atoms with Crippen LogP contribution in [0.3, 0.4) is 0 Å². The minimum absolute atomic E-state index is 0. The molecule has 0 atom stereocenters. The van der Waals surface area contributed by atoms with Gasteiger partial charge in [0, 0.05) is 5.69 Å². The van der Waals surface area contributed by atoms with Crippen molar-refractivity contribution in [3.05, 3.63) is 66.0 Å². The van der Waals surface area contributed by atoms with E-state index in [-0.39, 0.29) is 29.8 Å². The molecule has 5 heteroatoms. The molecule has 3 nitrogen and oxygen atoms in total. The average Bonchev–Trinajstić information content (AvgIpc) is 2.38. The fourth-order valence-electron chi connectivity index (χ4n) is 1.52. The topological polar surface area (TPSA) is 50.4 Å². The first-order chi connectivity index (χ1) is 8.74. The lowest BCUT2D eigenvalue weighted by molar-refractivity contribution is 0.625. The van der Waals surface area contributed by atoms with Crippen molar-refractivity contribution in [2.75, 3.05) is 5.32 Å². The number of rotatable bonds is 3. The number of nitrogens with zero attached hydrogens (tertiary/aromatic N) is 1. The number of anilines is 1. The molecule has 0 spiro atoms. The molecule has 0 bridgehead atoms. The molecule has 2 aromatic rings. The number of nitrogens with one attached hydrogen (secondary N) is 1. The zero-order valence-corrected chi connectivity index (χ0v) is 12.5. The Morgan fingerprint density at radius 1 is 1.11 bits per heavy atom. The van der Waals surface area contributed by atoms with Gasteiger partial charge in [0.15, 0.2) is 5.96 Å². The highest BCUT2D eigenvalue weighted by molar-refractivity contribution is 14.0. The summed E-state index contributed by atoms with van der Waals surface area (Å²) in [5.41, 5.74) is 7.39. The molecule has 0 saturated heterocycles. The first kappa shape index (κ1) is 15.4. The van der Waals surface area contributed by atoms with Crippen LogP contribution in [0.25, 0.3) is 0 Å². The van der Waals surface area contributed by atoms with Gasteiger partial charge in [-0.1, -0.05) is 30.3 Å². The van der Waals surface area contributed by atoms with E-state index in [1.807, 2.05) is 36.4 Å². The zero-order valence-electron chi connectivity index (χ0n) is 10.2. The summed E-state index contributed by atoms with van der Waals surface area (Å²) in [5, 5.41) is 2.96. The first-order valence-electron chi connectivity index (χ1n) is 5.60. The molecule has 0 aromatic heterocycles. The van der Waals surface area contributed by atoms with Crippen LogP contribution in [-0.2, 0) is 6.54 Å². The third kappa shape index (κ3) is 5.25. The van der Waals surface area contributed by atoms with Gasteiger partial charge in [-0.2, -0.15) is 0 Å². The Kier molecular flexibility index (Phi) is 6.27. The van der Waals surface area contributed by atoms with Gasteiger partial charge in [0.25, 0.3) is 0 Å². The molecular formula is C14H15FIN3. The lowest BCUT2D eigenvalue weighted by Crippen LogP contribution is -2.22. The van der Waals surface area contributed by atoms with E-state index in [0.29, 0.717) is 12.5 Å². The molecule has 0 aliphatic rings. The van der Waals surface area contributed by atoms with Crippen LogP contribution in [0.4, 0.5) is 10.1 Å². The number of benzene rings is 2. The van der Waals surface area contributed by atoms with Crippen molar-refractivity contribution < 1.29 is 4.39 Å². The molecule has 2 aromatic carbocycles. The van der Waals surface area contributed by atoms with E-state index < -0.39 is 0 Å². The molecule has 100 valence electrons. The maximum absolute atomic E-state index is 12.9. The van der Waals surface area contributed by atoms with Crippen molar-refractivity contribution in [1.82, 2.24) is 0 Å². The predicted molar refractivity (Wildman–Crippen MR) is 87.2 cm³/mol. The summed E-state index contributed by atoms with van der Waals surface area (Å²) in [6, 6.07) is 15.8. The lowest BCUT2D eigenvalue weighted by Gasteiger charge is -2.05. The van der Waals surface area contributed by atoms with Crippen LogP contribution in [0.15, 0.2) is 59.6 Å². The highest BCUT2D eigenvalue weighted by Crippen LogP contribution is 2.06. The van der Waals surface area contributed by atoms with Crippen LogP contribution in [-0.4, -0.2) is 5.96 Å². The highest BCUT2D eigenvalue weighted by atomic mass is 127. The number of aliphatic imine (C=N–C) groups is 1. The fraction of sp³-hybridized carbons (Fsp3) is 0.0714. The SMILES string of the molecule is I.NC(=NCc1cccc(F)c1)Nc1ccccc1. The van der Waals surface area contributed by atoms with E-state index in [2.05, 4.69) is 10.3 Å². The average molecular weight is 371 g/mol. The second kappa shape index (κ2) is 7.73. The van der Waals surface area contributed by atoms with E-state index >= 15 is 0 Å². The summed E-state index contributed by atoms with van der Waals surface area (Å²) in [6.45, 7) is 0.351. The largest absolute Gasteiger partial charge is 0.370 e. The van der Waals surface area contributed by atoms with Gasteiger partial charge in [-0.3, -0.25) is 0 Å². The van der Waals surface area contributed by atoms with Crippen LogP contribution in [0.1, 0.15) is 5.56 Å². The summed E-state index contributed by atoms with van der Waals surface area (Å²) in [4.78, 5) is 4.15. The summed E-state index contributed by atoms with van der Waals surface area (Å²) in [6.07, 6.45) is 0. The van der Waals surface area contributed by atoms with Gasteiger partial charge in [-0.05, 0) is 29.8 Å². The molecule has 0 heterocycles. The monoisotopic (exact) mass is 371 g/mol. The predicted octanol–water partition coefficient (Wildman–Crippen LogP) is 3.37. The van der Waals surface area contributed by atoms with Crippen molar-refractivity contribution in [2.45, 2.75) is 6.54 Å². The third-order valence-electron chi connectivity index (χ3n) is 2.37. The second-order valence-corrected chi connectivity index (χ2v) is 3.82. The molecule has 0 aliphatic carbocycles. The van der Waals surface area contributed by atoms with Gasteiger partial charge in [0.05, 0.1) is 6.54 Å². The molecule has 2 rings (SSSR count). The Labute approximate surface area is 128 Å². The van der Waals surface area contributed by atoms with Gasteiger partial charge in [0.2, 0.25) is 0 Å². The number of para-hydroxylation sites is 1. The molecule has 0 saturated carbocycles. The van der Waals surface area contributed by atoms with Crippen molar-refractivity contribution >= 4 is 35.6 Å². The van der Waals surface area contributed by atoms with Gasteiger partial charge >= 0.3 is 0 Å². The van der Waals surface area contributed by atoms with Crippen LogP contribution in [0.5, 0.6) is 0 Å². The zero-order chi connectivity index (χ0) is 12.8. The van der Waals surface area contributed by atoms with E-state index in [9.17, 15) is 4.39 Å². The van der Waals surface area contributed by atoms with E-state index in [1.165, 1.54) is 12.1 Å². The minimum atomic E-state index is -0.266. The van der Waals surface area contributed by atoms with Gasteiger partial charge in [-0.15, -0.1) is 24.0 Å². The number of hydrogen-bond donors (Lipinski definition) is 2. The minimum Gasteiger partial charge on any atom is -0.370 e. The van der Waals surface area contributed by atoms with Crippen molar-refractivity contribution in [2.24, 2.45) is 10.7 Å². The van der Waals surface area contributed by atoms with Crippen LogP contribution >= 0.6 is 24.0 Å². The quantitative estimate of drug-likeness (QED) is 0.494. The van der Waals surface area contributed by atoms with Crippen LogP contribution in [0, 0.1) is 5.82 Å². The van der Waals surface area contributed by atoms with Gasteiger partial charge in [0.1, 0.15) is 5.82 Å². The highest BCUT2D eigenvalue weighted by Gasteiger charge is 1.96. The Balaban J connectivity index is 0.00000180. The summed E-state index contributed by atoms with van der Waals surface area (Å²) in [5.74, 6) is 0.0442. The van der Waals surface area contributed by atoms with Crippen molar-refractivity contribution in [1.29, 1.82) is 0 Å². The van der Waals surface area contributed by atoms with Crippen LogP contribution in [0.2, 0.25) is 0 Å². The maximum Gasteiger partial charge on any atom is 0.193 e. The maximum atomic E-state index is 12.9. The van der Waals surface area contributed by atoms with E-state index in [4.69, 9.17) is 5.73 Å². The van der Waals surface area contributed by atoms with Crippen molar-refractivity contribution in [3.8, 4) is 0 Å². The third-order valence-corrected chi connectivity index (χ3v) is 2.37. The molecule has 19 heavy (non-hydrogen) atoms. The molecule has 0 unspecified atom stereocenters. The Morgan fingerprint density at radius 2 is 1.84 bits per heavy atom. The fourth-order valence-corrected chi connectivity index (χ4v) is 1.52. The molecule has 0 radical (unpaired) electrons. The molecule has 0 fully saturated rings. The van der Waals surface area contributed by atoms with Gasteiger partial charge < -0.3 is 11.1 Å². The molecule has 3 N–H and O–H groups in total. The first-order valence-corrected chi connectivity index (χ1v) is 5.60. The number of nitrogens with two attached hydrogens (primary N) is 1. The smallest absolute Gasteiger partial charge is 0.193 e. The van der Waals surface area contributed by atoms with Gasteiger partial charge in [-0.25, -0.2) is 9.38 Å². The Morgan fingerprint density at radius 3 is 2.53 bits per heavy atom. The number of hydrogen-bond acceptors (Lipinski definition) is 1. The standard InChI is InChI=1S/C14H14FN3.HI/c15-12-6-4-5-11(9-12)10-17-14(16)18-13-7-2-1-3-8-13;/h1-9H,10H2,(H3,16,17,18);1H. The normalized spacial score (nSPS) is 10.7. The van der Waals surface area contributed by atoms with Crippen molar-refractivity contribution in [3.63, 3.8) is 0 Å². The molecule has 0 amide bonds. The summed E-state index contributed by atoms with van der Waals surface area (Å²) < 4.78 is 12.9. The molecule has 0 aliphatic heterocycles. The van der Waals surface area contributed by atoms with Crippen LogP contribution < -0.4 is 11.1 Å². The second-order valence-electron chi connectivity index (χ2n) is 3.82. The number of halogens is 2. The molecular weight excluding hydrogens is 356 g/mol. The Bertz CT molecular complexity index is 543. The van der Waals surface area contributed by atoms with E-state index in [0.717, 1.165) is 11.3 Å².